The average Bonchev–Trinajstić information content (AvgIpc) is 3.49. The summed E-state index contributed by atoms with van der Waals surface area (Å²) in [5, 5.41) is 16.7. The van der Waals surface area contributed by atoms with Crippen molar-refractivity contribution in [1.82, 2.24) is 14.8 Å². The Hall–Kier alpha value is -5.02. The van der Waals surface area contributed by atoms with E-state index in [1.807, 2.05) is 72.5 Å². The number of amides is 2. The lowest BCUT2D eigenvalue weighted by Gasteiger charge is -2.35. The molecule has 1 fully saturated rings. The van der Waals surface area contributed by atoms with E-state index in [0.717, 1.165) is 44.5 Å². The van der Waals surface area contributed by atoms with Gasteiger partial charge in [-0.1, -0.05) is 18.2 Å². The number of rotatable bonds is 11. The molecular weight excluding hydrogens is 696 g/mol. The van der Waals surface area contributed by atoms with Gasteiger partial charge in [0.2, 0.25) is 11.8 Å². The molecule has 1 atom stereocenters. The molecule has 4 aromatic carbocycles. The number of aliphatic hydroxyl groups is 1. The number of carbonyl (C=O) groups is 2. The number of hydrogen-bond acceptors (Lipinski definition) is 9. The Morgan fingerprint density at radius 2 is 1.44 bits per heavy atom. The van der Waals surface area contributed by atoms with Gasteiger partial charge in [-0.15, -0.1) is 11.3 Å². The number of β-amino-alcohol motifs (C(OH)–C–C–N with tert-alkyl or cyclic N) is 1. The van der Waals surface area contributed by atoms with Crippen molar-refractivity contribution in [3.05, 3.63) is 108 Å². The number of halogens is 3. The Morgan fingerprint density at radius 3 is 2.10 bits per heavy atom. The molecule has 3 N–H and O–H groups in total. The molecule has 0 radical (unpaired) electrons. The van der Waals surface area contributed by atoms with Gasteiger partial charge in [-0.25, -0.2) is 4.98 Å². The summed E-state index contributed by atoms with van der Waals surface area (Å²) in [7, 11) is 0. The predicted molar refractivity (Wildman–Crippen MR) is 196 cm³/mol. The summed E-state index contributed by atoms with van der Waals surface area (Å²) in [6, 6.07) is 26.9. The number of aliphatic hydroxyl groups excluding tert-OH is 1. The molecule has 6 rings (SSSR count). The second-order valence-corrected chi connectivity index (χ2v) is 13.4. The van der Waals surface area contributed by atoms with Gasteiger partial charge < -0.3 is 25.2 Å². The first kappa shape index (κ1) is 38.2. The van der Waals surface area contributed by atoms with Gasteiger partial charge in [0.25, 0.3) is 0 Å². The summed E-state index contributed by atoms with van der Waals surface area (Å²) in [6.45, 7) is 6.90. The molecule has 0 unspecified atom stereocenters. The van der Waals surface area contributed by atoms with Crippen LogP contribution in [-0.4, -0.2) is 83.7 Å². The Bertz CT molecular complexity index is 1900. The van der Waals surface area contributed by atoms with Crippen molar-refractivity contribution in [2.45, 2.75) is 26.1 Å². The summed E-state index contributed by atoms with van der Waals surface area (Å²) >= 11 is 1.62. The van der Waals surface area contributed by atoms with Crippen LogP contribution in [0.3, 0.4) is 0 Å². The standard InChI is InChI=1S/C24H27F3N4O3S.C14H13NO2/c1-16-28-21-12-20(6-7-22(21)35-16)34-15-19(32)13-30-8-10-31(11-9-30)14-23(33)29-18-4-2-17(3-5-18)24(25,26)27;1-11(16)15-12-7-9-14(10-8-12)17-13-5-3-2-4-6-13/h2-7,12,19,32H,8-11,13-15H2,1H3,(H,29,33);2-10H,1H3,(H,15,16)/t19-;/m0./s1. The van der Waals surface area contributed by atoms with Crippen molar-refractivity contribution >= 4 is 44.7 Å². The number of hydrogen-bond donors (Lipinski definition) is 3. The van der Waals surface area contributed by atoms with E-state index < -0.39 is 17.8 Å². The van der Waals surface area contributed by atoms with Crippen molar-refractivity contribution in [1.29, 1.82) is 0 Å². The van der Waals surface area contributed by atoms with Crippen LogP contribution in [-0.2, 0) is 15.8 Å². The molecule has 1 aromatic heterocycles. The van der Waals surface area contributed by atoms with Gasteiger partial charge in [0.05, 0.1) is 27.3 Å². The molecule has 1 saturated heterocycles. The minimum absolute atomic E-state index is 0.0817. The highest BCUT2D eigenvalue weighted by Crippen LogP contribution is 2.30. The summed E-state index contributed by atoms with van der Waals surface area (Å²) in [6.07, 6.45) is -5.06. The van der Waals surface area contributed by atoms with E-state index in [0.29, 0.717) is 44.2 Å². The van der Waals surface area contributed by atoms with Crippen LogP contribution in [0.4, 0.5) is 24.5 Å². The summed E-state index contributed by atoms with van der Waals surface area (Å²) < 4.78 is 50.4. The minimum Gasteiger partial charge on any atom is -0.491 e. The monoisotopic (exact) mass is 735 g/mol. The topological polar surface area (TPSA) is 116 Å². The molecule has 2 heterocycles. The smallest absolute Gasteiger partial charge is 0.416 e. The number of benzene rings is 4. The number of carbonyl (C=O) groups excluding carboxylic acids is 2. The predicted octanol–water partition coefficient (Wildman–Crippen LogP) is 7.06. The third kappa shape index (κ3) is 12.0. The summed E-state index contributed by atoms with van der Waals surface area (Å²) in [4.78, 5) is 31.7. The third-order valence-electron chi connectivity index (χ3n) is 7.86. The molecule has 10 nitrogen and oxygen atoms in total. The van der Waals surface area contributed by atoms with E-state index in [2.05, 4.69) is 20.5 Å². The lowest BCUT2D eigenvalue weighted by Crippen LogP contribution is -2.50. The lowest BCUT2D eigenvalue weighted by molar-refractivity contribution is -0.137. The first-order valence-electron chi connectivity index (χ1n) is 16.6. The number of piperazine rings is 1. The van der Waals surface area contributed by atoms with Crippen molar-refractivity contribution in [3.8, 4) is 17.2 Å². The van der Waals surface area contributed by atoms with Crippen molar-refractivity contribution in [3.63, 3.8) is 0 Å². The minimum atomic E-state index is -4.41. The van der Waals surface area contributed by atoms with Crippen LogP contribution < -0.4 is 20.1 Å². The highest BCUT2D eigenvalue weighted by atomic mass is 32.1. The first-order chi connectivity index (χ1) is 24.9. The highest BCUT2D eigenvalue weighted by molar-refractivity contribution is 7.18. The lowest BCUT2D eigenvalue weighted by atomic mass is 10.2. The molecule has 2 amide bonds. The summed E-state index contributed by atoms with van der Waals surface area (Å²) in [5.74, 6) is 1.84. The van der Waals surface area contributed by atoms with Crippen LogP contribution in [0.2, 0.25) is 0 Å². The van der Waals surface area contributed by atoms with Crippen LogP contribution in [0, 0.1) is 6.92 Å². The van der Waals surface area contributed by atoms with Crippen molar-refractivity contribution < 1.29 is 37.3 Å². The van der Waals surface area contributed by atoms with E-state index in [9.17, 15) is 27.9 Å². The molecule has 1 aliphatic rings. The molecule has 52 heavy (non-hydrogen) atoms. The first-order valence-corrected chi connectivity index (χ1v) is 17.4. The fraction of sp³-hybridized carbons (Fsp3) is 0.289. The number of para-hydroxylation sites is 1. The van der Waals surface area contributed by atoms with Crippen LogP contribution in [0.1, 0.15) is 17.5 Å². The Labute approximate surface area is 303 Å². The van der Waals surface area contributed by atoms with Gasteiger partial charge in [0.15, 0.2) is 0 Å². The highest BCUT2D eigenvalue weighted by Gasteiger charge is 2.30. The number of anilines is 2. The van der Waals surface area contributed by atoms with E-state index in [-0.39, 0.29) is 25.0 Å². The van der Waals surface area contributed by atoms with Crippen LogP contribution in [0.5, 0.6) is 17.2 Å². The zero-order valence-corrected chi connectivity index (χ0v) is 29.5. The summed E-state index contributed by atoms with van der Waals surface area (Å²) in [5.41, 5.74) is 1.22. The molecule has 1 aliphatic heterocycles. The second-order valence-electron chi connectivity index (χ2n) is 12.1. The van der Waals surface area contributed by atoms with Gasteiger partial charge in [-0.2, -0.15) is 13.2 Å². The van der Waals surface area contributed by atoms with Gasteiger partial charge >= 0.3 is 6.18 Å². The quantitative estimate of drug-likeness (QED) is 0.132. The van der Waals surface area contributed by atoms with Crippen molar-refractivity contribution in [2.24, 2.45) is 0 Å². The number of thiazole rings is 1. The maximum absolute atomic E-state index is 12.7. The SMILES string of the molecule is CC(=O)Nc1ccc(Oc2ccccc2)cc1.Cc1nc2cc(OC[C@@H](O)CN3CCN(CC(=O)Nc4ccc(C(F)(F)F)cc4)CC3)ccc2s1. The van der Waals surface area contributed by atoms with Gasteiger partial charge in [-0.05, 0) is 79.7 Å². The Morgan fingerprint density at radius 1 is 0.846 bits per heavy atom. The Balaban J connectivity index is 0.000000257. The van der Waals surface area contributed by atoms with Gasteiger partial charge in [0.1, 0.15) is 30.0 Å². The number of aromatic nitrogens is 1. The second kappa shape index (κ2) is 18.0. The maximum Gasteiger partial charge on any atom is 0.416 e. The molecule has 0 saturated carbocycles. The third-order valence-corrected chi connectivity index (χ3v) is 8.81. The molecule has 274 valence electrons. The fourth-order valence-electron chi connectivity index (χ4n) is 5.37. The number of aryl methyl sites for hydroxylation is 1. The normalized spacial score (nSPS) is 14.2. The van der Waals surface area contributed by atoms with E-state index in [4.69, 9.17) is 9.47 Å². The van der Waals surface area contributed by atoms with Crippen LogP contribution >= 0.6 is 11.3 Å². The van der Waals surface area contributed by atoms with Gasteiger partial charge in [0, 0.05) is 57.1 Å². The van der Waals surface area contributed by atoms with E-state index in [1.165, 1.54) is 19.1 Å². The number of nitrogens with one attached hydrogen (secondary N) is 2. The molecule has 0 spiro atoms. The average molecular weight is 736 g/mol. The van der Waals surface area contributed by atoms with E-state index >= 15 is 0 Å². The number of alkyl halides is 3. The maximum atomic E-state index is 12.7. The zero-order chi connectivity index (χ0) is 37.1. The van der Waals surface area contributed by atoms with Crippen LogP contribution in [0.25, 0.3) is 10.2 Å². The molecule has 14 heteroatoms. The molecular formula is C38H40F3N5O5S. The van der Waals surface area contributed by atoms with Crippen LogP contribution in [0.15, 0.2) is 97.1 Å². The number of nitrogens with zero attached hydrogens (tertiary/aromatic N) is 3. The largest absolute Gasteiger partial charge is 0.491 e. The van der Waals surface area contributed by atoms with E-state index in [1.54, 1.807) is 23.5 Å². The van der Waals surface area contributed by atoms with Crippen molar-refractivity contribution in [2.75, 3.05) is 56.5 Å². The molecule has 0 aliphatic carbocycles. The van der Waals surface area contributed by atoms with Gasteiger partial charge in [-0.3, -0.25) is 19.4 Å². The number of ether oxygens (including phenoxy) is 2. The fourth-order valence-corrected chi connectivity index (χ4v) is 6.17. The zero-order valence-electron chi connectivity index (χ0n) is 28.7. The molecule has 0 bridgehead atoms. The number of fused-ring (bicyclic) bond motifs is 1. The Kier molecular flexibility index (Phi) is 13.2. The molecule has 5 aromatic rings.